The van der Waals surface area contributed by atoms with Crippen LogP contribution in [0, 0.1) is 10.1 Å². The molecule has 1 atom stereocenters. The molecule has 29 heavy (non-hydrogen) atoms. The predicted octanol–water partition coefficient (Wildman–Crippen LogP) is 2.96. The van der Waals surface area contributed by atoms with Gasteiger partial charge in [0.2, 0.25) is 5.91 Å². The maximum Gasteiger partial charge on any atom is 0.269 e. The number of piperidine rings is 1. The number of nitrogens with one attached hydrogen (secondary N) is 2. The van der Waals surface area contributed by atoms with Crippen molar-refractivity contribution in [2.24, 2.45) is 0 Å². The average molecular weight is 415 g/mol. The first-order valence-corrected chi connectivity index (χ1v) is 11.0. The maximum absolute atomic E-state index is 12.4. The minimum atomic E-state index is -0.427. The van der Waals surface area contributed by atoms with E-state index >= 15 is 0 Å². The minimum absolute atomic E-state index is 0.0461. The van der Waals surface area contributed by atoms with E-state index in [1.807, 2.05) is 6.92 Å². The lowest BCUT2D eigenvalue weighted by Crippen LogP contribution is -3.11. The van der Waals surface area contributed by atoms with Crippen molar-refractivity contribution < 1.29 is 14.6 Å². The van der Waals surface area contributed by atoms with Gasteiger partial charge in [-0.15, -0.1) is 11.8 Å². The Kier molecular flexibility index (Phi) is 7.66. The fourth-order valence-corrected chi connectivity index (χ4v) is 4.42. The summed E-state index contributed by atoms with van der Waals surface area (Å²) in [4.78, 5) is 25.2. The van der Waals surface area contributed by atoms with E-state index in [2.05, 4.69) is 29.6 Å². The maximum atomic E-state index is 12.4. The van der Waals surface area contributed by atoms with Crippen LogP contribution in [-0.4, -0.2) is 29.2 Å². The lowest BCUT2D eigenvalue weighted by atomic mass is 10.1. The van der Waals surface area contributed by atoms with Crippen molar-refractivity contribution in [3.63, 3.8) is 0 Å². The molecule has 3 rings (SSSR count). The summed E-state index contributed by atoms with van der Waals surface area (Å²) in [6.45, 7) is 5.95. The van der Waals surface area contributed by atoms with E-state index in [1.54, 1.807) is 17.0 Å². The van der Waals surface area contributed by atoms with Crippen LogP contribution in [0.2, 0.25) is 0 Å². The van der Waals surface area contributed by atoms with Gasteiger partial charge in [-0.25, -0.2) is 0 Å². The summed E-state index contributed by atoms with van der Waals surface area (Å²) in [6, 6.07) is 14.8. The molecule has 6 nitrogen and oxygen atoms in total. The number of benzene rings is 2. The largest absolute Gasteiger partial charge is 0.351 e. The molecule has 2 aromatic carbocycles. The summed E-state index contributed by atoms with van der Waals surface area (Å²) >= 11 is 1.39. The van der Waals surface area contributed by atoms with Gasteiger partial charge in [-0.3, -0.25) is 14.9 Å². The zero-order valence-corrected chi connectivity index (χ0v) is 17.5. The Morgan fingerprint density at radius 3 is 2.31 bits per heavy atom. The number of carbonyl (C=O) groups excluding carboxylic acids is 1. The molecule has 0 spiro atoms. The van der Waals surface area contributed by atoms with Gasteiger partial charge in [0.05, 0.1) is 23.3 Å². The normalized spacial score (nSPS) is 15.6. The molecule has 1 heterocycles. The van der Waals surface area contributed by atoms with Gasteiger partial charge < -0.3 is 10.2 Å². The SMILES string of the molecule is C[C@@H](Sc1ccc([N+](=O)[O-])cc1)C(=O)NCc1ccc(C[NH+]2CCCCC2)cc1. The Hall–Kier alpha value is -2.38. The number of carbonyl (C=O) groups is 1. The zero-order valence-electron chi connectivity index (χ0n) is 16.7. The number of hydrogen-bond acceptors (Lipinski definition) is 4. The topological polar surface area (TPSA) is 76.7 Å². The summed E-state index contributed by atoms with van der Waals surface area (Å²) < 4.78 is 0. The minimum Gasteiger partial charge on any atom is -0.351 e. The first-order valence-electron chi connectivity index (χ1n) is 10.1. The molecule has 0 aliphatic carbocycles. The van der Waals surface area contributed by atoms with E-state index in [9.17, 15) is 14.9 Å². The summed E-state index contributed by atoms with van der Waals surface area (Å²) in [5.41, 5.74) is 2.49. The molecule has 0 saturated carbocycles. The van der Waals surface area contributed by atoms with Gasteiger partial charge in [0, 0.05) is 29.1 Å². The molecule has 2 N–H and O–H groups in total. The van der Waals surface area contributed by atoms with Crippen molar-refractivity contribution in [3.8, 4) is 0 Å². The average Bonchev–Trinajstić information content (AvgIpc) is 2.74. The summed E-state index contributed by atoms with van der Waals surface area (Å²) in [6.07, 6.45) is 4.02. The van der Waals surface area contributed by atoms with Crippen LogP contribution in [-0.2, 0) is 17.9 Å². The van der Waals surface area contributed by atoms with Gasteiger partial charge in [0.15, 0.2) is 0 Å². The summed E-state index contributed by atoms with van der Waals surface area (Å²) in [5, 5.41) is 13.4. The highest BCUT2D eigenvalue weighted by molar-refractivity contribution is 8.00. The Morgan fingerprint density at radius 2 is 1.69 bits per heavy atom. The van der Waals surface area contributed by atoms with Gasteiger partial charge in [0.1, 0.15) is 6.54 Å². The number of nitrogens with zero attached hydrogens (tertiary/aromatic N) is 1. The second kappa shape index (κ2) is 10.4. The third kappa shape index (κ3) is 6.58. The quantitative estimate of drug-likeness (QED) is 0.396. The summed E-state index contributed by atoms with van der Waals surface area (Å²) in [7, 11) is 0. The molecule has 154 valence electrons. The molecule has 7 heteroatoms. The monoisotopic (exact) mass is 414 g/mol. The smallest absolute Gasteiger partial charge is 0.269 e. The predicted molar refractivity (Wildman–Crippen MR) is 115 cm³/mol. The van der Waals surface area contributed by atoms with Crippen LogP contribution in [0.25, 0.3) is 0 Å². The van der Waals surface area contributed by atoms with E-state index in [0.717, 1.165) is 17.0 Å². The lowest BCUT2D eigenvalue weighted by Gasteiger charge is -2.23. The third-order valence-corrected chi connectivity index (χ3v) is 6.35. The second-order valence-corrected chi connectivity index (χ2v) is 8.95. The molecule has 1 fully saturated rings. The van der Waals surface area contributed by atoms with Crippen LogP contribution in [0.3, 0.4) is 0 Å². The fraction of sp³-hybridized carbons (Fsp3) is 0.409. The molecule has 0 bridgehead atoms. The number of non-ortho nitro benzene ring substituents is 1. The van der Waals surface area contributed by atoms with E-state index in [0.29, 0.717) is 6.54 Å². The van der Waals surface area contributed by atoms with Crippen molar-refractivity contribution in [1.82, 2.24) is 5.32 Å². The molecule has 0 aromatic heterocycles. The zero-order chi connectivity index (χ0) is 20.6. The molecule has 1 amide bonds. The van der Waals surface area contributed by atoms with Crippen molar-refractivity contribution in [1.29, 1.82) is 0 Å². The Balaban J connectivity index is 1.44. The first kappa shape index (κ1) is 21.3. The number of amides is 1. The summed E-state index contributed by atoms with van der Waals surface area (Å²) in [5.74, 6) is -0.0461. The molecule has 0 unspecified atom stereocenters. The lowest BCUT2D eigenvalue weighted by molar-refractivity contribution is -0.918. The van der Waals surface area contributed by atoms with Crippen LogP contribution in [0.15, 0.2) is 53.4 Å². The fourth-order valence-electron chi connectivity index (χ4n) is 3.53. The van der Waals surface area contributed by atoms with Crippen molar-refractivity contribution in [2.75, 3.05) is 13.1 Å². The van der Waals surface area contributed by atoms with E-state index < -0.39 is 4.92 Å². The van der Waals surface area contributed by atoms with E-state index in [4.69, 9.17) is 0 Å². The van der Waals surface area contributed by atoms with Crippen molar-refractivity contribution in [2.45, 2.75) is 49.4 Å². The van der Waals surface area contributed by atoms with Crippen LogP contribution < -0.4 is 10.2 Å². The van der Waals surface area contributed by atoms with Crippen LogP contribution >= 0.6 is 11.8 Å². The Bertz CT molecular complexity index is 818. The number of nitro benzene ring substituents is 1. The second-order valence-electron chi connectivity index (χ2n) is 7.53. The molecule has 2 aromatic rings. The highest BCUT2D eigenvalue weighted by Crippen LogP contribution is 2.25. The van der Waals surface area contributed by atoms with Gasteiger partial charge in [-0.05, 0) is 43.9 Å². The van der Waals surface area contributed by atoms with Crippen LogP contribution in [0.5, 0.6) is 0 Å². The molecular formula is C22H28N3O3S+. The number of rotatable bonds is 8. The van der Waals surface area contributed by atoms with Crippen molar-refractivity contribution >= 4 is 23.4 Å². The first-order chi connectivity index (χ1) is 14.0. The standard InChI is InChI=1S/C22H27N3O3S/c1-17(29-21-11-9-20(10-12-21)25(27)28)22(26)23-15-18-5-7-19(8-6-18)16-24-13-3-2-4-14-24/h5-12,17H,2-4,13-16H2,1H3,(H,23,26)/p+1/t17-/m1/s1. The number of quaternary nitrogens is 1. The molecule has 1 aliphatic rings. The molecule has 0 radical (unpaired) electrons. The van der Waals surface area contributed by atoms with Crippen LogP contribution in [0.1, 0.15) is 37.3 Å². The van der Waals surface area contributed by atoms with Gasteiger partial charge in [-0.2, -0.15) is 0 Å². The number of nitro groups is 1. The number of thioether (sulfide) groups is 1. The Labute approximate surface area is 175 Å². The molecule has 1 saturated heterocycles. The number of likely N-dealkylation sites (tertiary alicyclic amines) is 1. The van der Waals surface area contributed by atoms with Gasteiger partial charge in [0.25, 0.3) is 5.69 Å². The van der Waals surface area contributed by atoms with Crippen LogP contribution in [0.4, 0.5) is 5.69 Å². The Morgan fingerprint density at radius 1 is 1.07 bits per heavy atom. The van der Waals surface area contributed by atoms with Gasteiger partial charge >= 0.3 is 0 Å². The molecular weight excluding hydrogens is 386 g/mol. The third-order valence-electron chi connectivity index (χ3n) is 5.23. The number of hydrogen-bond donors (Lipinski definition) is 2. The van der Waals surface area contributed by atoms with Crippen molar-refractivity contribution in [3.05, 3.63) is 69.8 Å². The highest BCUT2D eigenvalue weighted by Gasteiger charge is 2.16. The molecule has 1 aliphatic heterocycles. The highest BCUT2D eigenvalue weighted by atomic mass is 32.2. The van der Waals surface area contributed by atoms with E-state index in [-0.39, 0.29) is 16.8 Å². The van der Waals surface area contributed by atoms with E-state index in [1.165, 1.54) is 61.8 Å². The van der Waals surface area contributed by atoms with Gasteiger partial charge in [-0.1, -0.05) is 24.3 Å².